The number of allylic oxidation sites excluding steroid dienone is 2. The summed E-state index contributed by atoms with van der Waals surface area (Å²) in [5, 5.41) is 22.5. The van der Waals surface area contributed by atoms with Gasteiger partial charge in [-0.3, -0.25) is 4.90 Å². The lowest BCUT2D eigenvalue weighted by molar-refractivity contribution is 0.185. The molecule has 1 unspecified atom stereocenters. The van der Waals surface area contributed by atoms with Crippen LogP contribution < -0.4 is 0 Å². The van der Waals surface area contributed by atoms with Crippen molar-refractivity contribution >= 4 is 0 Å². The standard InChI is InChI=1S/C31H35NO2/c1-4-9-23-13-16-29(33)26(19-23)27-20-24(10-5-2)21-28(31(27)34)30(32-17-7-6-8-18-32)25-14-11-22(3)12-15-25/h4-5,11-16,19-21,30,33-34H,1-2,6-10,17-18H2,3H3. The summed E-state index contributed by atoms with van der Waals surface area (Å²) in [6.07, 6.45) is 8.68. The van der Waals surface area contributed by atoms with Crippen molar-refractivity contribution in [3.63, 3.8) is 0 Å². The molecule has 1 aliphatic rings. The summed E-state index contributed by atoms with van der Waals surface area (Å²) < 4.78 is 0. The number of phenolic OH excluding ortho intramolecular Hbond substituents is 2. The third kappa shape index (κ3) is 5.10. The maximum absolute atomic E-state index is 11.7. The third-order valence-electron chi connectivity index (χ3n) is 6.75. The van der Waals surface area contributed by atoms with Gasteiger partial charge in [0.05, 0.1) is 6.04 Å². The van der Waals surface area contributed by atoms with Crippen LogP contribution in [-0.4, -0.2) is 28.2 Å². The molecule has 0 radical (unpaired) electrons. The highest BCUT2D eigenvalue weighted by Gasteiger charge is 2.28. The van der Waals surface area contributed by atoms with E-state index in [0.29, 0.717) is 24.0 Å². The first kappa shape index (κ1) is 23.8. The number of hydrogen-bond acceptors (Lipinski definition) is 3. The molecule has 3 aromatic rings. The zero-order valence-corrected chi connectivity index (χ0v) is 20.1. The predicted molar refractivity (Wildman–Crippen MR) is 141 cm³/mol. The molecule has 1 fully saturated rings. The summed E-state index contributed by atoms with van der Waals surface area (Å²) in [5.74, 6) is 0.393. The number of likely N-dealkylation sites (tertiary alicyclic amines) is 1. The van der Waals surface area contributed by atoms with E-state index in [1.54, 1.807) is 6.07 Å². The van der Waals surface area contributed by atoms with Gasteiger partial charge in [-0.05, 0) is 86.7 Å². The quantitative estimate of drug-likeness (QED) is 0.357. The molecule has 0 aliphatic carbocycles. The van der Waals surface area contributed by atoms with Crippen LogP contribution in [0.2, 0.25) is 0 Å². The summed E-state index contributed by atoms with van der Waals surface area (Å²) >= 11 is 0. The van der Waals surface area contributed by atoms with Gasteiger partial charge in [0.1, 0.15) is 11.5 Å². The highest BCUT2D eigenvalue weighted by molar-refractivity contribution is 5.78. The predicted octanol–water partition coefficient (Wildman–Crippen LogP) is 7.11. The normalized spacial score (nSPS) is 15.1. The van der Waals surface area contributed by atoms with E-state index < -0.39 is 0 Å². The van der Waals surface area contributed by atoms with Gasteiger partial charge in [0.25, 0.3) is 0 Å². The molecule has 2 N–H and O–H groups in total. The van der Waals surface area contributed by atoms with Crippen molar-refractivity contribution in [2.24, 2.45) is 0 Å². The second-order valence-corrected chi connectivity index (χ2v) is 9.33. The Morgan fingerprint density at radius 1 is 0.824 bits per heavy atom. The minimum absolute atomic E-state index is 0.0529. The molecule has 3 aromatic carbocycles. The molecule has 34 heavy (non-hydrogen) atoms. The van der Waals surface area contributed by atoms with Crippen molar-refractivity contribution in [2.45, 2.75) is 45.1 Å². The van der Waals surface area contributed by atoms with Gasteiger partial charge in [-0.25, -0.2) is 0 Å². The Morgan fingerprint density at radius 2 is 1.47 bits per heavy atom. The molecule has 4 rings (SSSR count). The van der Waals surface area contributed by atoms with E-state index in [0.717, 1.165) is 42.6 Å². The Labute approximate surface area is 203 Å². The molecule has 1 aliphatic heterocycles. The summed E-state index contributed by atoms with van der Waals surface area (Å²) in [6.45, 7) is 11.9. The topological polar surface area (TPSA) is 43.7 Å². The van der Waals surface area contributed by atoms with Gasteiger partial charge >= 0.3 is 0 Å². The fourth-order valence-electron chi connectivity index (χ4n) is 5.02. The van der Waals surface area contributed by atoms with Gasteiger partial charge in [0.15, 0.2) is 0 Å². The molecule has 1 saturated heterocycles. The first-order chi connectivity index (χ1) is 16.5. The van der Waals surface area contributed by atoms with Gasteiger partial charge in [-0.2, -0.15) is 0 Å². The number of hydrogen-bond donors (Lipinski definition) is 2. The Bertz CT molecular complexity index is 1160. The molecule has 0 saturated carbocycles. The van der Waals surface area contributed by atoms with E-state index in [9.17, 15) is 10.2 Å². The van der Waals surface area contributed by atoms with Crippen molar-refractivity contribution in [2.75, 3.05) is 13.1 Å². The van der Waals surface area contributed by atoms with Crippen LogP contribution in [0.1, 0.15) is 53.1 Å². The van der Waals surface area contributed by atoms with Crippen molar-refractivity contribution in [1.29, 1.82) is 0 Å². The molecule has 1 heterocycles. The maximum atomic E-state index is 11.7. The molecule has 3 nitrogen and oxygen atoms in total. The third-order valence-corrected chi connectivity index (χ3v) is 6.75. The lowest BCUT2D eigenvalue weighted by Gasteiger charge is -2.36. The van der Waals surface area contributed by atoms with Crippen LogP contribution in [0.15, 0.2) is 79.9 Å². The number of nitrogens with zero attached hydrogens (tertiary/aromatic N) is 1. The molecule has 1 atom stereocenters. The van der Waals surface area contributed by atoms with Crippen LogP contribution in [0.3, 0.4) is 0 Å². The maximum Gasteiger partial charge on any atom is 0.128 e. The summed E-state index contributed by atoms with van der Waals surface area (Å²) in [7, 11) is 0. The Kier molecular flexibility index (Phi) is 7.54. The van der Waals surface area contributed by atoms with Crippen LogP contribution in [0.25, 0.3) is 11.1 Å². The van der Waals surface area contributed by atoms with E-state index in [1.807, 2.05) is 30.4 Å². The Morgan fingerprint density at radius 3 is 2.15 bits per heavy atom. The molecule has 0 amide bonds. The van der Waals surface area contributed by atoms with E-state index in [1.165, 1.54) is 17.5 Å². The van der Waals surface area contributed by atoms with Gasteiger partial charge in [-0.15, -0.1) is 13.2 Å². The monoisotopic (exact) mass is 453 g/mol. The second kappa shape index (κ2) is 10.8. The van der Waals surface area contributed by atoms with Crippen LogP contribution in [0.4, 0.5) is 0 Å². The number of phenols is 2. The molecule has 0 aromatic heterocycles. The van der Waals surface area contributed by atoms with Crippen LogP contribution >= 0.6 is 0 Å². The molecular formula is C31H35NO2. The summed E-state index contributed by atoms with van der Waals surface area (Å²) in [4.78, 5) is 2.48. The van der Waals surface area contributed by atoms with Gasteiger partial charge in [0, 0.05) is 16.7 Å². The number of aromatic hydroxyl groups is 2. The van der Waals surface area contributed by atoms with Crippen molar-refractivity contribution in [1.82, 2.24) is 4.90 Å². The Balaban J connectivity index is 1.92. The average Bonchev–Trinajstić information content (AvgIpc) is 2.84. The van der Waals surface area contributed by atoms with Crippen LogP contribution in [-0.2, 0) is 12.8 Å². The Hall–Kier alpha value is -3.30. The van der Waals surface area contributed by atoms with Gasteiger partial charge in [0.2, 0.25) is 0 Å². The van der Waals surface area contributed by atoms with E-state index in [-0.39, 0.29) is 17.5 Å². The van der Waals surface area contributed by atoms with E-state index in [4.69, 9.17) is 0 Å². The number of rotatable bonds is 8. The number of piperidine rings is 1. The molecule has 3 heteroatoms. The minimum atomic E-state index is -0.0529. The molecule has 0 bridgehead atoms. The SMILES string of the molecule is C=CCc1ccc(O)c(-c2cc(CC=C)cc(C(c3ccc(C)cc3)N3CCCCC3)c2O)c1. The highest BCUT2D eigenvalue weighted by Crippen LogP contribution is 2.44. The van der Waals surface area contributed by atoms with E-state index >= 15 is 0 Å². The first-order valence-corrected chi connectivity index (χ1v) is 12.2. The minimum Gasteiger partial charge on any atom is -0.507 e. The zero-order chi connectivity index (χ0) is 24.1. The molecular weight excluding hydrogens is 418 g/mol. The first-order valence-electron chi connectivity index (χ1n) is 12.2. The smallest absolute Gasteiger partial charge is 0.128 e. The van der Waals surface area contributed by atoms with Crippen LogP contribution in [0.5, 0.6) is 11.5 Å². The van der Waals surface area contributed by atoms with Crippen molar-refractivity contribution < 1.29 is 10.2 Å². The number of aryl methyl sites for hydroxylation is 1. The van der Waals surface area contributed by atoms with Gasteiger partial charge < -0.3 is 10.2 Å². The lowest BCUT2D eigenvalue weighted by Crippen LogP contribution is -2.34. The zero-order valence-electron chi connectivity index (χ0n) is 20.1. The highest BCUT2D eigenvalue weighted by atomic mass is 16.3. The van der Waals surface area contributed by atoms with Crippen molar-refractivity contribution in [3.05, 3.63) is 108 Å². The molecule has 176 valence electrons. The fourth-order valence-corrected chi connectivity index (χ4v) is 5.02. The van der Waals surface area contributed by atoms with Crippen molar-refractivity contribution in [3.8, 4) is 22.6 Å². The second-order valence-electron chi connectivity index (χ2n) is 9.33. The number of benzene rings is 3. The summed E-state index contributed by atoms with van der Waals surface area (Å²) in [6, 6.07) is 18.2. The average molecular weight is 454 g/mol. The summed E-state index contributed by atoms with van der Waals surface area (Å²) in [5.41, 5.74) is 6.69. The lowest BCUT2D eigenvalue weighted by atomic mass is 9.88. The van der Waals surface area contributed by atoms with Gasteiger partial charge in [-0.1, -0.05) is 54.5 Å². The largest absolute Gasteiger partial charge is 0.507 e. The molecule has 0 spiro atoms. The fraction of sp³-hybridized carbons (Fsp3) is 0.290. The van der Waals surface area contributed by atoms with E-state index in [2.05, 4.69) is 55.3 Å². The van der Waals surface area contributed by atoms with Crippen LogP contribution in [0, 0.1) is 6.92 Å².